The largest absolute Gasteiger partial charge is 0.491 e. The molecule has 0 aromatic heterocycles. The number of amides is 1. The summed E-state index contributed by atoms with van der Waals surface area (Å²) < 4.78 is 5.55. The molecule has 2 rings (SSSR count). The summed E-state index contributed by atoms with van der Waals surface area (Å²) in [6.07, 6.45) is 0.804. The number of hydrogen-bond acceptors (Lipinski definition) is 4. The van der Waals surface area contributed by atoms with Gasteiger partial charge in [0.25, 0.3) is 0 Å². The quantitative estimate of drug-likeness (QED) is 0.713. The van der Waals surface area contributed by atoms with Crippen LogP contribution >= 0.6 is 0 Å². The average Bonchev–Trinajstić information content (AvgIpc) is 2.45. The zero-order chi connectivity index (χ0) is 14.4. The Hall–Kier alpha value is -1.59. The Bertz CT molecular complexity index is 440. The highest BCUT2D eigenvalue weighted by molar-refractivity contribution is 5.76. The summed E-state index contributed by atoms with van der Waals surface area (Å²) in [5, 5.41) is 15.9. The lowest BCUT2D eigenvalue weighted by Crippen LogP contribution is -2.48. The lowest BCUT2D eigenvalue weighted by atomic mass is 10.1. The van der Waals surface area contributed by atoms with E-state index in [0.717, 1.165) is 17.7 Å². The van der Waals surface area contributed by atoms with Crippen LogP contribution in [-0.2, 0) is 4.79 Å². The number of aliphatic hydroxyl groups is 1. The first-order chi connectivity index (χ1) is 9.63. The smallest absolute Gasteiger partial charge is 0.220 e. The Morgan fingerprint density at radius 2 is 2.40 bits per heavy atom. The molecule has 0 bridgehead atoms. The van der Waals surface area contributed by atoms with Crippen molar-refractivity contribution in [2.24, 2.45) is 0 Å². The highest BCUT2D eigenvalue weighted by atomic mass is 16.5. The van der Waals surface area contributed by atoms with Crippen LogP contribution in [0, 0.1) is 6.92 Å². The highest BCUT2D eigenvalue weighted by Gasteiger charge is 2.18. The fourth-order valence-electron chi connectivity index (χ4n) is 2.17. The Morgan fingerprint density at radius 3 is 3.10 bits per heavy atom. The highest BCUT2D eigenvalue weighted by Crippen LogP contribution is 2.12. The van der Waals surface area contributed by atoms with Crippen LogP contribution in [0.2, 0.25) is 0 Å². The summed E-state index contributed by atoms with van der Waals surface area (Å²) in [5.41, 5.74) is 1.13. The molecule has 5 nitrogen and oxygen atoms in total. The van der Waals surface area contributed by atoms with E-state index in [1.807, 2.05) is 31.2 Å². The number of hydrogen-bond donors (Lipinski definition) is 3. The van der Waals surface area contributed by atoms with Crippen LogP contribution in [0.3, 0.4) is 0 Å². The van der Waals surface area contributed by atoms with E-state index in [9.17, 15) is 9.90 Å². The summed E-state index contributed by atoms with van der Waals surface area (Å²) in [5.74, 6) is 0.875. The van der Waals surface area contributed by atoms with Crippen molar-refractivity contribution in [1.82, 2.24) is 10.6 Å². The molecule has 0 spiro atoms. The summed E-state index contributed by atoms with van der Waals surface area (Å²) in [6, 6.07) is 7.99. The Morgan fingerprint density at radius 1 is 1.55 bits per heavy atom. The fraction of sp³-hybridized carbons (Fsp3) is 0.533. The van der Waals surface area contributed by atoms with Gasteiger partial charge in [-0.15, -0.1) is 0 Å². The number of carbonyl (C=O) groups excluding carboxylic acids is 1. The van der Waals surface area contributed by atoms with E-state index >= 15 is 0 Å². The normalized spacial score (nSPS) is 20.3. The lowest BCUT2D eigenvalue weighted by Gasteiger charge is -2.24. The number of piperidine rings is 1. The van der Waals surface area contributed by atoms with Crippen LogP contribution in [0.25, 0.3) is 0 Å². The molecule has 1 aliphatic heterocycles. The van der Waals surface area contributed by atoms with Gasteiger partial charge in [-0.1, -0.05) is 12.1 Å². The minimum absolute atomic E-state index is 0.103. The maximum absolute atomic E-state index is 11.0. The third kappa shape index (κ3) is 4.83. The van der Waals surface area contributed by atoms with Crippen LogP contribution < -0.4 is 15.4 Å². The van der Waals surface area contributed by atoms with Gasteiger partial charge in [-0.3, -0.25) is 4.79 Å². The molecule has 1 amide bonds. The summed E-state index contributed by atoms with van der Waals surface area (Å²) in [6.45, 7) is 3.36. The molecule has 1 heterocycles. The molecule has 1 aliphatic rings. The van der Waals surface area contributed by atoms with Gasteiger partial charge in [-0.2, -0.15) is 0 Å². The molecule has 2 unspecified atom stereocenters. The standard InChI is InChI=1S/C15H22N2O3/c1-11-3-2-4-14(7-11)20-10-13(18)9-16-12-5-6-15(19)17-8-12/h2-4,7,12-13,16,18H,5-6,8-10H2,1H3,(H,17,19). The van der Waals surface area contributed by atoms with Crippen LogP contribution in [0.5, 0.6) is 5.75 Å². The molecule has 0 radical (unpaired) electrons. The van der Waals surface area contributed by atoms with Gasteiger partial charge in [0.2, 0.25) is 5.91 Å². The molecule has 0 saturated carbocycles. The van der Waals surface area contributed by atoms with Crippen LogP contribution in [-0.4, -0.2) is 42.9 Å². The van der Waals surface area contributed by atoms with Gasteiger partial charge in [0, 0.05) is 25.6 Å². The molecular formula is C15H22N2O3. The lowest BCUT2D eigenvalue weighted by molar-refractivity contribution is -0.122. The second-order valence-electron chi connectivity index (χ2n) is 5.23. The molecule has 110 valence electrons. The van der Waals surface area contributed by atoms with Gasteiger partial charge in [-0.05, 0) is 31.0 Å². The molecule has 1 aromatic rings. The van der Waals surface area contributed by atoms with Crippen molar-refractivity contribution in [3.63, 3.8) is 0 Å². The third-order valence-corrected chi connectivity index (χ3v) is 3.34. The molecule has 0 aliphatic carbocycles. The Balaban J connectivity index is 1.65. The second kappa shape index (κ2) is 7.26. The minimum Gasteiger partial charge on any atom is -0.491 e. The molecule has 3 N–H and O–H groups in total. The monoisotopic (exact) mass is 278 g/mol. The first-order valence-electron chi connectivity index (χ1n) is 7.01. The first-order valence-corrected chi connectivity index (χ1v) is 7.01. The summed E-state index contributed by atoms with van der Waals surface area (Å²) in [4.78, 5) is 11.0. The van der Waals surface area contributed by atoms with Crippen LogP contribution in [0.15, 0.2) is 24.3 Å². The number of rotatable bonds is 6. The van der Waals surface area contributed by atoms with Crippen molar-refractivity contribution in [3.05, 3.63) is 29.8 Å². The molecule has 20 heavy (non-hydrogen) atoms. The van der Waals surface area contributed by atoms with E-state index < -0.39 is 6.10 Å². The molecule has 5 heteroatoms. The molecule has 2 atom stereocenters. The van der Waals surface area contributed by atoms with Gasteiger partial charge in [0.15, 0.2) is 0 Å². The number of nitrogens with one attached hydrogen (secondary N) is 2. The number of carbonyl (C=O) groups is 1. The van der Waals surface area contributed by atoms with Crippen molar-refractivity contribution in [1.29, 1.82) is 0 Å². The van der Waals surface area contributed by atoms with Gasteiger partial charge in [0.05, 0.1) is 0 Å². The Kier molecular flexibility index (Phi) is 5.38. The Labute approximate surface area is 119 Å². The van der Waals surface area contributed by atoms with E-state index in [-0.39, 0.29) is 18.6 Å². The van der Waals surface area contributed by atoms with Gasteiger partial charge in [0.1, 0.15) is 18.5 Å². The van der Waals surface area contributed by atoms with Gasteiger partial charge in [-0.25, -0.2) is 0 Å². The van der Waals surface area contributed by atoms with Crippen LogP contribution in [0.1, 0.15) is 18.4 Å². The SMILES string of the molecule is Cc1cccc(OCC(O)CNC2CCC(=O)NC2)c1. The van der Waals surface area contributed by atoms with Gasteiger partial charge >= 0.3 is 0 Å². The number of aryl methyl sites for hydroxylation is 1. The molecule has 1 fully saturated rings. The van der Waals surface area contributed by atoms with E-state index in [0.29, 0.717) is 19.5 Å². The van der Waals surface area contributed by atoms with Crippen molar-refractivity contribution in [2.75, 3.05) is 19.7 Å². The molecular weight excluding hydrogens is 256 g/mol. The van der Waals surface area contributed by atoms with Crippen molar-refractivity contribution >= 4 is 5.91 Å². The number of benzene rings is 1. The topological polar surface area (TPSA) is 70.6 Å². The van der Waals surface area contributed by atoms with Crippen LogP contribution in [0.4, 0.5) is 0 Å². The van der Waals surface area contributed by atoms with Crippen molar-refractivity contribution in [3.8, 4) is 5.75 Å². The maximum atomic E-state index is 11.0. The number of aliphatic hydroxyl groups excluding tert-OH is 1. The fourth-order valence-corrected chi connectivity index (χ4v) is 2.17. The predicted molar refractivity (Wildman–Crippen MR) is 76.7 cm³/mol. The third-order valence-electron chi connectivity index (χ3n) is 3.34. The predicted octanol–water partition coefficient (Wildman–Crippen LogP) is 0.603. The second-order valence-corrected chi connectivity index (χ2v) is 5.23. The maximum Gasteiger partial charge on any atom is 0.220 e. The van der Waals surface area contributed by atoms with Crippen molar-refractivity contribution in [2.45, 2.75) is 31.9 Å². The van der Waals surface area contributed by atoms with Gasteiger partial charge < -0.3 is 20.5 Å². The van der Waals surface area contributed by atoms with E-state index in [2.05, 4.69) is 10.6 Å². The van der Waals surface area contributed by atoms with E-state index in [1.165, 1.54) is 0 Å². The van der Waals surface area contributed by atoms with E-state index in [4.69, 9.17) is 4.74 Å². The average molecular weight is 278 g/mol. The number of ether oxygens (including phenoxy) is 1. The first kappa shape index (κ1) is 14.8. The zero-order valence-electron chi connectivity index (χ0n) is 11.8. The molecule has 1 saturated heterocycles. The zero-order valence-corrected chi connectivity index (χ0v) is 11.8. The van der Waals surface area contributed by atoms with Crippen molar-refractivity contribution < 1.29 is 14.6 Å². The summed E-state index contributed by atoms with van der Waals surface area (Å²) in [7, 11) is 0. The molecule has 1 aromatic carbocycles. The minimum atomic E-state index is -0.562. The van der Waals surface area contributed by atoms with E-state index in [1.54, 1.807) is 0 Å². The summed E-state index contributed by atoms with van der Waals surface area (Å²) >= 11 is 0.